The van der Waals surface area contributed by atoms with E-state index in [0.717, 1.165) is 18.2 Å². The van der Waals surface area contributed by atoms with E-state index in [1.165, 1.54) is 19.3 Å². The fourth-order valence-corrected chi connectivity index (χ4v) is 2.64. The minimum Gasteiger partial charge on any atom is -0.457 e. The van der Waals surface area contributed by atoms with E-state index in [9.17, 15) is 13.6 Å². The second-order valence-electron chi connectivity index (χ2n) is 5.99. The van der Waals surface area contributed by atoms with Gasteiger partial charge in [-0.1, -0.05) is 0 Å². The monoisotopic (exact) mass is 396 g/mol. The summed E-state index contributed by atoms with van der Waals surface area (Å²) in [5.41, 5.74) is 1.32. The maximum Gasteiger partial charge on any atom is 0.300 e. The molecule has 0 bridgehead atoms. The average molecular weight is 396 g/mol. The van der Waals surface area contributed by atoms with Gasteiger partial charge in [0.1, 0.15) is 34.3 Å². The SMILES string of the molecule is CNC(=O)c1cc(Oc2ccc3oc(Nc4cc(F)cc(F)c4)nc3c2)ccn1. The zero-order chi connectivity index (χ0) is 20.4. The molecule has 0 unspecified atom stereocenters. The van der Waals surface area contributed by atoms with Crippen molar-refractivity contribution in [3.05, 3.63) is 72.1 Å². The number of nitrogens with zero attached hydrogens (tertiary/aromatic N) is 2. The lowest BCUT2D eigenvalue weighted by molar-refractivity contribution is 0.0958. The predicted molar refractivity (Wildman–Crippen MR) is 101 cm³/mol. The lowest BCUT2D eigenvalue weighted by Gasteiger charge is -2.06. The van der Waals surface area contributed by atoms with E-state index in [2.05, 4.69) is 20.6 Å². The molecule has 0 aliphatic carbocycles. The number of hydrogen-bond acceptors (Lipinski definition) is 6. The van der Waals surface area contributed by atoms with Gasteiger partial charge in [-0.2, -0.15) is 4.98 Å². The van der Waals surface area contributed by atoms with Gasteiger partial charge < -0.3 is 19.8 Å². The number of ether oxygens (including phenoxy) is 1. The number of hydrogen-bond donors (Lipinski definition) is 2. The highest BCUT2D eigenvalue weighted by atomic mass is 19.1. The number of oxazole rings is 1. The number of rotatable bonds is 5. The Morgan fingerprint density at radius 2 is 1.79 bits per heavy atom. The van der Waals surface area contributed by atoms with Crippen molar-refractivity contribution in [2.45, 2.75) is 0 Å². The van der Waals surface area contributed by atoms with Crippen molar-refractivity contribution < 1.29 is 22.7 Å². The van der Waals surface area contributed by atoms with Gasteiger partial charge in [-0.3, -0.25) is 9.78 Å². The lowest BCUT2D eigenvalue weighted by atomic mass is 10.3. The van der Waals surface area contributed by atoms with Crippen LogP contribution in [0.25, 0.3) is 11.1 Å². The number of anilines is 2. The first-order valence-electron chi connectivity index (χ1n) is 8.50. The van der Waals surface area contributed by atoms with Crippen molar-refractivity contribution in [1.29, 1.82) is 0 Å². The lowest BCUT2D eigenvalue weighted by Crippen LogP contribution is -2.18. The van der Waals surface area contributed by atoms with Gasteiger partial charge in [-0.15, -0.1) is 0 Å². The fourth-order valence-electron chi connectivity index (χ4n) is 2.64. The van der Waals surface area contributed by atoms with E-state index in [1.807, 2.05) is 0 Å². The molecule has 29 heavy (non-hydrogen) atoms. The Labute approximate surface area is 163 Å². The average Bonchev–Trinajstić information content (AvgIpc) is 3.08. The highest BCUT2D eigenvalue weighted by molar-refractivity contribution is 5.92. The number of nitrogens with one attached hydrogen (secondary N) is 2. The van der Waals surface area contributed by atoms with E-state index in [0.29, 0.717) is 22.6 Å². The van der Waals surface area contributed by atoms with Gasteiger partial charge in [0.25, 0.3) is 11.9 Å². The van der Waals surface area contributed by atoms with E-state index < -0.39 is 11.6 Å². The molecule has 4 rings (SSSR count). The van der Waals surface area contributed by atoms with Gasteiger partial charge in [0, 0.05) is 37.1 Å². The summed E-state index contributed by atoms with van der Waals surface area (Å²) in [6.45, 7) is 0. The van der Waals surface area contributed by atoms with Crippen LogP contribution in [0, 0.1) is 11.6 Å². The number of aromatic nitrogens is 2. The quantitative estimate of drug-likeness (QED) is 0.520. The molecule has 0 fully saturated rings. The van der Waals surface area contributed by atoms with Crippen LogP contribution < -0.4 is 15.4 Å². The molecule has 1 amide bonds. The molecular formula is C20H14F2N4O3. The summed E-state index contributed by atoms with van der Waals surface area (Å²) < 4.78 is 37.9. The molecule has 0 atom stereocenters. The molecule has 9 heteroatoms. The number of pyridine rings is 1. The molecule has 0 aliphatic rings. The van der Waals surface area contributed by atoms with Gasteiger partial charge in [0.2, 0.25) is 0 Å². The third kappa shape index (κ3) is 4.13. The Hall–Kier alpha value is -4.01. The molecule has 146 valence electrons. The van der Waals surface area contributed by atoms with E-state index >= 15 is 0 Å². The standard InChI is InChI=1S/C20H14F2N4O3/c1-23-19(27)17-10-15(4-5-24-17)28-14-2-3-18-16(9-14)26-20(29-18)25-13-7-11(21)6-12(22)8-13/h2-10H,1H3,(H,23,27)(H,25,26). The van der Waals surface area contributed by atoms with Crippen molar-refractivity contribution in [3.8, 4) is 11.5 Å². The molecule has 2 aromatic heterocycles. The number of carbonyl (C=O) groups excluding carboxylic acids is 1. The van der Waals surface area contributed by atoms with E-state index in [1.54, 1.807) is 24.3 Å². The van der Waals surface area contributed by atoms with Crippen LogP contribution >= 0.6 is 0 Å². The van der Waals surface area contributed by atoms with Crippen molar-refractivity contribution in [3.63, 3.8) is 0 Å². The summed E-state index contributed by atoms with van der Waals surface area (Å²) >= 11 is 0. The van der Waals surface area contributed by atoms with Gasteiger partial charge in [-0.25, -0.2) is 8.78 Å². The Bertz CT molecular complexity index is 1190. The second-order valence-corrected chi connectivity index (χ2v) is 5.99. The largest absolute Gasteiger partial charge is 0.457 e. The van der Waals surface area contributed by atoms with Crippen LogP contribution in [0.2, 0.25) is 0 Å². The van der Waals surface area contributed by atoms with Gasteiger partial charge in [0.05, 0.1) is 0 Å². The topological polar surface area (TPSA) is 89.3 Å². The van der Waals surface area contributed by atoms with Gasteiger partial charge >= 0.3 is 0 Å². The maximum atomic E-state index is 13.3. The first kappa shape index (κ1) is 18.4. The van der Waals surface area contributed by atoms with E-state index in [-0.39, 0.29) is 23.3 Å². The molecule has 0 radical (unpaired) electrons. The highest BCUT2D eigenvalue weighted by Crippen LogP contribution is 2.28. The minimum atomic E-state index is -0.715. The zero-order valence-corrected chi connectivity index (χ0v) is 15.1. The number of carbonyl (C=O) groups is 1. The molecule has 2 N–H and O–H groups in total. The Morgan fingerprint density at radius 1 is 1.03 bits per heavy atom. The normalized spacial score (nSPS) is 10.7. The van der Waals surface area contributed by atoms with Crippen molar-refractivity contribution >= 4 is 28.7 Å². The second kappa shape index (κ2) is 7.55. The van der Waals surface area contributed by atoms with Crippen LogP contribution in [0.1, 0.15) is 10.5 Å². The number of benzene rings is 2. The van der Waals surface area contributed by atoms with Crippen LogP contribution in [-0.4, -0.2) is 22.9 Å². The third-order valence-corrected chi connectivity index (χ3v) is 3.90. The maximum absolute atomic E-state index is 13.3. The van der Waals surface area contributed by atoms with E-state index in [4.69, 9.17) is 9.15 Å². The van der Waals surface area contributed by atoms with Gasteiger partial charge in [0.15, 0.2) is 5.58 Å². The molecule has 2 aromatic carbocycles. The number of halogens is 2. The van der Waals surface area contributed by atoms with Gasteiger partial charge in [-0.05, 0) is 30.3 Å². The molecule has 0 spiro atoms. The number of amides is 1. The third-order valence-electron chi connectivity index (χ3n) is 3.90. The fraction of sp³-hybridized carbons (Fsp3) is 0.0500. The summed E-state index contributed by atoms with van der Waals surface area (Å²) in [7, 11) is 1.51. The summed E-state index contributed by atoms with van der Waals surface area (Å²) in [6.07, 6.45) is 1.47. The minimum absolute atomic E-state index is 0.0768. The molecular weight excluding hydrogens is 382 g/mol. The molecule has 0 aliphatic heterocycles. The highest BCUT2D eigenvalue weighted by Gasteiger charge is 2.11. The summed E-state index contributed by atoms with van der Waals surface area (Å²) in [5, 5.41) is 5.21. The van der Waals surface area contributed by atoms with Crippen LogP contribution in [0.5, 0.6) is 11.5 Å². The zero-order valence-electron chi connectivity index (χ0n) is 15.1. The van der Waals surface area contributed by atoms with Crippen LogP contribution in [0.15, 0.2) is 59.1 Å². The predicted octanol–water partition coefficient (Wildman–Crippen LogP) is 4.40. The van der Waals surface area contributed by atoms with Crippen LogP contribution in [0.4, 0.5) is 20.5 Å². The molecule has 0 saturated carbocycles. The Kier molecular flexibility index (Phi) is 4.78. The molecule has 7 nitrogen and oxygen atoms in total. The van der Waals surface area contributed by atoms with Crippen molar-refractivity contribution in [2.24, 2.45) is 0 Å². The van der Waals surface area contributed by atoms with Crippen LogP contribution in [-0.2, 0) is 0 Å². The first-order valence-corrected chi connectivity index (χ1v) is 8.50. The molecule has 2 heterocycles. The molecule has 4 aromatic rings. The summed E-state index contributed by atoms with van der Waals surface area (Å²) in [6, 6.07) is 11.2. The summed E-state index contributed by atoms with van der Waals surface area (Å²) in [5.74, 6) is -0.870. The first-order chi connectivity index (χ1) is 14.0. The molecule has 0 saturated heterocycles. The van der Waals surface area contributed by atoms with Crippen LogP contribution in [0.3, 0.4) is 0 Å². The smallest absolute Gasteiger partial charge is 0.300 e. The van der Waals surface area contributed by atoms with Crippen molar-refractivity contribution in [1.82, 2.24) is 15.3 Å². The summed E-state index contributed by atoms with van der Waals surface area (Å²) in [4.78, 5) is 19.9. The van der Waals surface area contributed by atoms with Crippen molar-refractivity contribution in [2.75, 3.05) is 12.4 Å². The Balaban J connectivity index is 1.56. The Morgan fingerprint density at radius 3 is 2.55 bits per heavy atom. The number of fused-ring (bicyclic) bond motifs is 1.